The molecule has 0 aliphatic carbocycles. The van der Waals surface area contributed by atoms with Crippen molar-refractivity contribution >= 4 is 8.58 Å². The SMILES string of the molecule is CC=CC=CCPC(C)C. The molecule has 10 heavy (non-hydrogen) atoms. The quantitative estimate of drug-likeness (QED) is 0.433. The normalized spacial score (nSPS) is 13.6. The molecule has 0 amide bonds. The van der Waals surface area contributed by atoms with Crippen LogP contribution >= 0.6 is 8.58 Å². The summed E-state index contributed by atoms with van der Waals surface area (Å²) in [4.78, 5) is 0. The fourth-order valence-electron chi connectivity index (χ4n) is 0.561. The molecule has 0 heterocycles. The summed E-state index contributed by atoms with van der Waals surface area (Å²) in [7, 11) is 1.08. The van der Waals surface area contributed by atoms with Crippen LogP contribution in [-0.4, -0.2) is 11.8 Å². The second-order valence-electron chi connectivity index (χ2n) is 2.52. The molecule has 0 aliphatic rings. The highest BCUT2D eigenvalue weighted by Gasteiger charge is 1.87. The maximum Gasteiger partial charge on any atom is -0.0167 e. The fraction of sp³-hybridized carbons (Fsp3) is 0.556. The van der Waals surface area contributed by atoms with E-state index >= 15 is 0 Å². The van der Waals surface area contributed by atoms with Gasteiger partial charge in [-0.3, -0.25) is 0 Å². The minimum Gasteiger partial charge on any atom is -0.116 e. The lowest BCUT2D eigenvalue weighted by Gasteiger charge is -1.98. The van der Waals surface area contributed by atoms with Gasteiger partial charge in [-0.25, -0.2) is 0 Å². The third-order valence-corrected chi connectivity index (χ3v) is 2.37. The van der Waals surface area contributed by atoms with E-state index < -0.39 is 0 Å². The molecule has 1 unspecified atom stereocenters. The van der Waals surface area contributed by atoms with Crippen LogP contribution in [0.5, 0.6) is 0 Å². The van der Waals surface area contributed by atoms with Crippen LogP contribution < -0.4 is 0 Å². The van der Waals surface area contributed by atoms with E-state index in [1.807, 2.05) is 6.92 Å². The van der Waals surface area contributed by atoms with Gasteiger partial charge >= 0.3 is 0 Å². The standard InChI is InChI=1S/C9H17P/c1-4-5-6-7-8-10-9(2)3/h4-7,9-10H,8H2,1-3H3. The van der Waals surface area contributed by atoms with Gasteiger partial charge < -0.3 is 0 Å². The van der Waals surface area contributed by atoms with Gasteiger partial charge in [-0.05, 0) is 18.7 Å². The summed E-state index contributed by atoms with van der Waals surface area (Å²) >= 11 is 0. The first-order chi connectivity index (χ1) is 4.77. The fourth-order valence-corrected chi connectivity index (χ4v) is 1.31. The van der Waals surface area contributed by atoms with E-state index in [2.05, 4.69) is 38.2 Å². The second kappa shape index (κ2) is 7.02. The zero-order valence-electron chi connectivity index (χ0n) is 7.09. The molecule has 0 aromatic carbocycles. The van der Waals surface area contributed by atoms with Crippen molar-refractivity contribution in [3.05, 3.63) is 24.3 Å². The van der Waals surface area contributed by atoms with E-state index in [-0.39, 0.29) is 0 Å². The number of hydrogen-bond donors (Lipinski definition) is 0. The highest BCUT2D eigenvalue weighted by molar-refractivity contribution is 7.39. The third-order valence-electron chi connectivity index (χ3n) is 1.08. The molecule has 0 aromatic heterocycles. The summed E-state index contributed by atoms with van der Waals surface area (Å²) < 4.78 is 0. The Hall–Kier alpha value is -0.0900. The van der Waals surface area contributed by atoms with Crippen LogP contribution in [-0.2, 0) is 0 Å². The first-order valence-corrected chi connectivity index (χ1v) is 5.07. The van der Waals surface area contributed by atoms with Crippen LogP contribution in [0, 0.1) is 0 Å². The molecule has 0 nitrogen and oxygen atoms in total. The highest BCUT2D eigenvalue weighted by Crippen LogP contribution is 2.16. The predicted octanol–water partition coefficient (Wildman–Crippen LogP) is 3.21. The van der Waals surface area contributed by atoms with Gasteiger partial charge in [0, 0.05) is 0 Å². The largest absolute Gasteiger partial charge is 0.116 e. The lowest BCUT2D eigenvalue weighted by atomic mass is 10.5. The summed E-state index contributed by atoms with van der Waals surface area (Å²) in [5, 5.41) is 0. The summed E-state index contributed by atoms with van der Waals surface area (Å²) in [5.74, 6) is 0. The van der Waals surface area contributed by atoms with Crippen LogP contribution in [0.25, 0.3) is 0 Å². The zero-order valence-corrected chi connectivity index (χ0v) is 8.09. The summed E-state index contributed by atoms with van der Waals surface area (Å²) in [6.07, 6.45) is 9.72. The van der Waals surface area contributed by atoms with Crippen LogP contribution in [0.4, 0.5) is 0 Å². The Morgan fingerprint density at radius 1 is 1.30 bits per heavy atom. The number of rotatable bonds is 4. The van der Waals surface area contributed by atoms with Crippen LogP contribution in [0.1, 0.15) is 20.8 Å². The van der Waals surface area contributed by atoms with Gasteiger partial charge in [-0.2, -0.15) is 0 Å². The van der Waals surface area contributed by atoms with Gasteiger partial charge in [0.05, 0.1) is 0 Å². The molecule has 58 valence electrons. The molecule has 0 radical (unpaired) electrons. The van der Waals surface area contributed by atoms with E-state index in [0.717, 1.165) is 14.2 Å². The molecule has 0 fully saturated rings. The minimum absolute atomic E-state index is 0.857. The van der Waals surface area contributed by atoms with E-state index in [1.165, 1.54) is 6.16 Å². The molecule has 0 aliphatic heterocycles. The van der Waals surface area contributed by atoms with Gasteiger partial charge in [0.2, 0.25) is 0 Å². The molecule has 0 aromatic rings. The molecule has 0 spiro atoms. The number of allylic oxidation sites excluding steroid dienone is 4. The lowest BCUT2D eigenvalue weighted by Crippen LogP contribution is -1.82. The summed E-state index contributed by atoms with van der Waals surface area (Å²) in [6.45, 7) is 6.57. The molecule has 0 bridgehead atoms. The van der Waals surface area contributed by atoms with Crippen LogP contribution in [0.2, 0.25) is 0 Å². The van der Waals surface area contributed by atoms with E-state index in [0.29, 0.717) is 0 Å². The monoisotopic (exact) mass is 156 g/mol. The summed E-state index contributed by atoms with van der Waals surface area (Å²) in [5.41, 5.74) is 0.857. The van der Waals surface area contributed by atoms with Crippen LogP contribution in [0.3, 0.4) is 0 Å². The van der Waals surface area contributed by atoms with Crippen molar-refractivity contribution in [2.24, 2.45) is 0 Å². The topological polar surface area (TPSA) is 0 Å². The van der Waals surface area contributed by atoms with Crippen molar-refractivity contribution in [1.82, 2.24) is 0 Å². The van der Waals surface area contributed by atoms with Gasteiger partial charge in [0.1, 0.15) is 0 Å². The Morgan fingerprint density at radius 2 is 2.00 bits per heavy atom. The molecule has 0 N–H and O–H groups in total. The average molecular weight is 156 g/mol. The van der Waals surface area contributed by atoms with Crippen molar-refractivity contribution in [3.63, 3.8) is 0 Å². The molecule has 1 atom stereocenters. The van der Waals surface area contributed by atoms with Crippen molar-refractivity contribution in [2.75, 3.05) is 6.16 Å². The molecular formula is C9H17P. The molecule has 0 saturated heterocycles. The van der Waals surface area contributed by atoms with Gasteiger partial charge in [0.25, 0.3) is 0 Å². The zero-order chi connectivity index (χ0) is 7.82. The number of hydrogen-bond acceptors (Lipinski definition) is 0. The highest BCUT2D eigenvalue weighted by atomic mass is 31.1. The first kappa shape index (κ1) is 9.91. The van der Waals surface area contributed by atoms with E-state index in [9.17, 15) is 0 Å². The summed E-state index contributed by atoms with van der Waals surface area (Å²) in [6, 6.07) is 0. The predicted molar refractivity (Wildman–Crippen MR) is 52.3 cm³/mol. The van der Waals surface area contributed by atoms with Gasteiger partial charge in [0.15, 0.2) is 0 Å². The lowest BCUT2D eigenvalue weighted by molar-refractivity contribution is 1.10. The molecular weight excluding hydrogens is 139 g/mol. The van der Waals surface area contributed by atoms with Crippen molar-refractivity contribution in [3.8, 4) is 0 Å². The first-order valence-electron chi connectivity index (χ1n) is 3.78. The second-order valence-corrected chi connectivity index (χ2v) is 4.49. The average Bonchev–Trinajstić information content (AvgIpc) is 1.87. The minimum atomic E-state index is 0.857. The maximum absolute atomic E-state index is 2.27. The maximum atomic E-state index is 2.27. The smallest absolute Gasteiger partial charge is 0.0167 e. The molecule has 1 heteroatoms. The van der Waals surface area contributed by atoms with Gasteiger partial charge in [-0.15, -0.1) is 8.58 Å². The Labute approximate surface area is 66.2 Å². The van der Waals surface area contributed by atoms with Gasteiger partial charge in [-0.1, -0.05) is 38.2 Å². The Morgan fingerprint density at radius 3 is 2.50 bits per heavy atom. The third kappa shape index (κ3) is 7.91. The van der Waals surface area contributed by atoms with E-state index in [1.54, 1.807) is 0 Å². The Kier molecular flexibility index (Phi) is 6.96. The van der Waals surface area contributed by atoms with Crippen molar-refractivity contribution < 1.29 is 0 Å². The molecule has 0 saturated carbocycles. The van der Waals surface area contributed by atoms with Crippen LogP contribution in [0.15, 0.2) is 24.3 Å². The van der Waals surface area contributed by atoms with Crippen molar-refractivity contribution in [2.45, 2.75) is 26.4 Å². The van der Waals surface area contributed by atoms with Crippen molar-refractivity contribution in [1.29, 1.82) is 0 Å². The Bertz CT molecular complexity index is 112. The van der Waals surface area contributed by atoms with E-state index in [4.69, 9.17) is 0 Å². The Balaban J connectivity index is 3.18. The molecule has 0 rings (SSSR count).